The summed E-state index contributed by atoms with van der Waals surface area (Å²) in [4.78, 5) is 91.0. The molecule has 0 saturated carbocycles. The molecule has 0 aromatic rings. The molecule has 252 valence electrons. The van der Waals surface area contributed by atoms with Gasteiger partial charge in [-0.25, -0.2) is 0 Å². The van der Waals surface area contributed by atoms with E-state index in [9.17, 15) is 57.4 Å². The first kappa shape index (κ1) is 53.1. The number of phosphoric acid groups is 3. The number of aliphatic hydroxyl groups excluding tert-OH is 9. The van der Waals surface area contributed by atoms with Crippen molar-refractivity contribution in [3.8, 4) is 0 Å². The minimum Gasteiger partial charge on any atom is -0.780 e. The van der Waals surface area contributed by atoms with Gasteiger partial charge >= 0.3 is 52.6 Å². The summed E-state index contributed by atoms with van der Waals surface area (Å²) in [5, 5.41) is 77.8. The molecule has 0 fully saturated rings. The zero-order chi connectivity index (χ0) is 34.1. The molecule has 0 rings (SSSR count). The van der Waals surface area contributed by atoms with E-state index in [0.717, 1.165) is 0 Å². The number of hydrogen-bond donors (Lipinski definition) is 9. The maximum absolute atomic E-state index is 10.5. The minimum absolute atomic E-state index is 0. The first-order valence-corrected chi connectivity index (χ1v) is 14.8. The normalized spacial score (nSPS) is 15.3. The molecular formula is C15H27Al2O24P3. The van der Waals surface area contributed by atoms with Crippen LogP contribution < -0.4 is 29.4 Å². The van der Waals surface area contributed by atoms with E-state index >= 15 is 0 Å². The first-order valence-electron chi connectivity index (χ1n) is 10.4. The fraction of sp³-hybridized carbons (Fsp3) is 0.800. The number of carbonyl (C=O) groups excluding carboxylic acids is 3. The second-order valence-corrected chi connectivity index (χ2v) is 10.5. The van der Waals surface area contributed by atoms with Gasteiger partial charge in [0.25, 0.3) is 0 Å². The Hall–Kier alpha value is -0.435. The smallest absolute Gasteiger partial charge is 0.780 e. The summed E-state index contributed by atoms with van der Waals surface area (Å²) in [7, 11) is -16.3. The third-order valence-electron chi connectivity index (χ3n) is 3.66. The summed E-state index contributed by atoms with van der Waals surface area (Å²) in [6, 6.07) is 0. The van der Waals surface area contributed by atoms with Crippen molar-refractivity contribution in [3.05, 3.63) is 0 Å². The molecule has 0 aliphatic heterocycles. The summed E-state index contributed by atoms with van der Waals surface area (Å²) in [6.45, 7) is -2.41. The summed E-state index contributed by atoms with van der Waals surface area (Å²) < 4.78 is 39.8. The summed E-state index contributed by atoms with van der Waals surface area (Å²) in [5.41, 5.74) is 0. The fourth-order valence-corrected chi connectivity index (χ4v) is 2.74. The number of phosphoric ester groups is 3. The van der Waals surface area contributed by atoms with Gasteiger partial charge in [-0.05, 0) is 0 Å². The Morgan fingerprint density at radius 3 is 0.727 bits per heavy atom. The van der Waals surface area contributed by atoms with E-state index in [-0.39, 0.29) is 34.7 Å². The molecule has 24 nitrogen and oxygen atoms in total. The molecule has 0 bridgehead atoms. The summed E-state index contributed by atoms with van der Waals surface area (Å²) in [6.07, 6.45) is -12.5. The zero-order valence-electron chi connectivity index (χ0n) is 21.9. The van der Waals surface area contributed by atoms with E-state index in [4.69, 9.17) is 46.0 Å². The topological polar surface area (TPSA) is 451 Å². The maximum atomic E-state index is 10.5. The third kappa shape index (κ3) is 34.4. The van der Waals surface area contributed by atoms with Crippen LogP contribution >= 0.6 is 23.5 Å². The monoisotopic (exact) mass is 738 g/mol. The number of carbonyl (C=O) groups is 3. The Morgan fingerprint density at radius 2 is 0.614 bits per heavy atom. The maximum Gasteiger partial charge on any atom is 3.00 e. The van der Waals surface area contributed by atoms with Gasteiger partial charge in [0, 0.05) is 0 Å². The van der Waals surface area contributed by atoms with Crippen LogP contribution in [0.1, 0.15) is 19.3 Å². The number of hydrogen-bond acceptors (Lipinski definition) is 24. The van der Waals surface area contributed by atoms with Crippen LogP contribution in [0, 0.1) is 0 Å². The standard InChI is InChI=1S/3C5H11O8P.2Al/c3*6-2-4(8)3(7)1-5(9)13-14(10,11)12;;/h3*3-4,6-8H,1-2H2,(H2,10,11,12);;/q;;;2*+3/p-6/t3*3-,4+;;/m000../s1. The van der Waals surface area contributed by atoms with Crippen molar-refractivity contribution in [2.24, 2.45) is 0 Å². The molecule has 0 amide bonds. The average Bonchev–Trinajstić information content (AvgIpc) is 2.79. The SMILES string of the molecule is O=C(C[C@H](O)[C@H](O)CO)OP(=O)([O-])[O-].O=C(C[C@H](O)[C@H](O)CO)OP(=O)([O-])[O-].O=C(C[C@H](O)[C@H](O)CO)OP(=O)([O-])[O-].[Al+3].[Al+3]. The quantitative estimate of drug-likeness (QED) is 0.0556. The minimum atomic E-state index is -5.42. The van der Waals surface area contributed by atoms with Gasteiger partial charge in [0.15, 0.2) is 0 Å². The molecule has 0 radical (unpaired) electrons. The second-order valence-electron chi connectivity index (χ2n) is 7.30. The van der Waals surface area contributed by atoms with Gasteiger partial charge in [-0.1, -0.05) is 0 Å². The van der Waals surface area contributed by atoms with Crippen molar-refractivity contribution >= 4 is 76.1 Å². The van der Waals surface area contributed by atoms with Crippen LogP contribution in [0.15, 0.2) is 0 Å². The molecule has 0 aliphatic carbocycles. The molecule has 0 heterocycles. The Balaban J connectivity index is -0.000000169. The van der Waals surface area contributed by atoms with Gasteiger partial charge in [-0.15, -0.1) is 0 Å². The van der Waals surface area contributed by atoms with E-state index in [1.54, 1.807) is 0 Å². The van der Waals surface area contributed by atoms with Crippen LogP contribution in [0.2, 0.25) is 0 Å². The fourth-order valence-electron chi connectivity index (χ4n) is 1.77. The van der Waals surface area contributed by atoms with Crippen molar-refractivity contribution < 1.29 is 117 Å². The molecule has 6 atom stereocenters. The molecule has 0 unspecified atom stereocenters. The molecule has 29 heteroatoms. The first-order chi connectivity index (χ1) is 18.8. The van der Waals surface area contributed by atoms with Crippen molar-refractivity contribution in [1.29, 1.82) is 0 Å². The number of aliphatic hydroxyl groups is 9. The Morgan fingerprint density at radius 1 is 0.455 bits per heavy atom. The predicted molar refractivity (Wildman–Crippen MR) is 124 cm³/mol. The Labute approximate surface area is 268 Å². The van der Waals surface area contributed by atoms with Gasteiger partial charge < -0.3 is 103 Å². The Bertz CT molecular complexity index is 832. The van der Waals surface area contributed by atoms with Gasteiger partial charge in [0.1, 0.15) is 41.8 Å². The molecule has 0 aliphatic rings. The number of rotatable bonds is 15. The Kier molecular flexibility index (Phi) is 30.9. The molecular weight excluding hydrogens is 711 g/mol. The summed E-state index contributed by atoms with van der Waals surface area (Å²) >= 11 is 0. The van der Waals surface area contributed by atoms with Gasteiger partial charge in [0.05, 0.1) is 57.4 Å². The predicted octanol–water partition coefficient (Wildman–Crippen LogP) is -11.4. The molecule has 0 aromatic heterocycles. The average molecular weight is 738 g/mol. The van der Waals surface area contributed by atoms with E-state index < -0.39 is 117 Å². The van der Waals surface area contributed by atoms with Crippen LogP contribution in [0.4, 0.5) is 0 Å². The van der Waals surface area contributed by atoms with E-state index in [0.29, 0.717) is 0 Å². The van der Waals surface area contributed by atoms with Crippen LogP contribution in [-0.2, 0) is 41.6 Å². The van der Waals surface area contributed by atoms with Gasteiger partial charge in [0.2, 0.25) is 0 Å². The van der Waals surface area contributed by atoms with Crippen LogP contribution in [0.5, 0.6) is 0 Å². The largest absolute Gasteiger partial charge is 3.00 e. The van der Waals surface area contributed by atoms with Crippen LogP contribution in [-0.4, -0.2) is 155 Å². The van der Waals surface area contributed by atoms with Gasteiger partial charge in [-0.3, -0.25) is 14.4 Å². The van der Waals surface area contributed by atoms with Crippen LogP contribution in [0.25, 0.3) is 0 Å². The molecule has 0 saturated heterocycles. The van der Waals surface area contributed by atoms with E-state index in [1.807, 2.05) is 0 Å². The summed E-state index contributed by atoms with van der Waals surface area (Å²) in [5.74, 6) is -4.46. The molecule has 44 heavy (non-hydrogen) atoms. The van der Waals surface area contributed by atoms with Crippen molar-refractivity contribution in [1.82, 2.24) is 0 Å². The third-order valence-corrected chi connectivity index (χ3v) is 4.94. The van der Waals surface area contributed by atoms with Gasteiger partial charge in [-0.2, -0.15) is 0 Å². The van der Waals surface area contributed by atoms with Crippen molar-refractivity contribution in [2.45, 2.75) is 55.9 Å². The molecule has 0 spiro atoms. The zero-order valence-corrected chi connectivity index (χ0v) is 26.8. The van der Waals surface area contributed by atoms with E-state index in [1.165, 1.54) is 0 Å². The van der Waals surface area contributed by atoms with Crippen LogP contribution in [0.3, 0.4) is 0 Å². The second kappa shape index (κ2) is 25.6. The van der Waals surface area contributed by atoms with Crippen molar-refractivity contribution in [2.75, 3.05) is 19.8 Å². The molecule has 0 aromatic carbocycles. The van der Waals surface area contributed by atoms with E-state index in [2.05, 4.69) is 13.6 Å². The molecule has 9 N–H and O–H groups in total. The van der Waals surface area contributed by atoms with Crippen molar-refractivity contribution in [3.63, 3.8) is 0 Å².